The van der Waals surface area contributed by atoms with Gasteiger partial charge in [0.2, 0.25) is 5.60 Å². The number of amides is 3. The van der Waals surface area contributed by atoms with Crippen molar-refractivity contribution in [3.63, 3.8) is 0 Å². The number of nitrogens with one attached hydrogen (secondary N) is 5. The zero-order valence-corrected chi connectivity index (χ0v) is 29.1. The highest BCUT2D eigenvalue weighted by Crippen LogP contribution is 2.41. The van der Waals surface area contributed by atoms with Gasteiger partial charge in [0.1, 0.15) is 42.9 Å². The van der Waals surface area contributed by atoms with Crippen molar-refractivity contribution in [2.75, 3.05) is 6.61 Å². The van der Waals surface area contributed by atoms with E-state index in [2.05, 4.69) is 25.9 Å². The average molecular weight is 696 g/mol. The van der Waals surface area contributed by atoms with Crippen LogP contribution in [-0.2, 0) is 40.6 Å². The molecule has 1 fully saturated rings. The number of aliphatic hydroxyl groups is 1. The first-order chi connectivity index (χ1) is 23.5. The minimum Gasteiger partial charge on any atom is -0.463 e. The summed E-state index contributed by atoms with van der Waals surface area (Å²) in [6.45, 7) is 11.3. The summed E-state index contributed by atoms with van der Waals surface area (Å²) in [7, 11) is 0. The number of alkyl carbamates (subject to hydrolysis) is 1. The molecule has 50 heavy (non-hydrogen) atoms. The van der Waals surface area contributed by atoms with E-state index in [1.807, 2.05) is 6.07 Å². The lowest BCUT2D eigenvalue weighted by Gasteiger charge is -2.28. The highest BCUT2D eigenvalue weighted by atomic mass is 16.6. The fraction of sp³-hybridized carbons (Fsp3) is 0.500. The molecule has 0 radical (unpaired) electrons. The van der Waals surface area contributed by atoms with Crippen LogP contribution >= 0.6 is 0 Å². The Morgan fingerprint density at radius 1 is 1.12 bits per heavy atom. The molecule has 16 nitrogen and oxygen atoms in total. The van der Waals surface area contributed by atoms with Crippen LogP contribution in [0, 0.1) is 22.7 Å². The second kappa shape index (κ2) is 16.9. The molecular formula is C34H45N7O9. The number of carbonyl (C=O) groups excluding carboxylic acids is 4. The van der Waals surface area contributed by atoms with E-state index < -0.39 is 72.1 Å². The van der Waals surface area contributed by atoms with Crippen LogP contribution in [0.4, 0.5) is 9.59 Å². The maximum absolute atomic E-state index is 13.6. The zero-order valence-electron chi connectivity index (χ0n) is 29.1. The summed E-state index contributed by atoms with van der Waals surface area (Å²) in [5, 5.41) is 37.2. The van der Waals surface area contributed by atoms with E-state index in [0.29, 0.717) is 11.9 Å². The minimum absolute atomic E-state index is 0.0160. The number of H-pyrrole nitrogens is 1. The zero-order chi connectivity index (χ0) is 37.2. The SMILES string of the molecule is CC(C)NC(=O)NC(=NC=N)c1ccc([C@]2(C#N)O[C@H](COC(=O)Cc3ccccc3)[C@@H](OC(=O)[C@@H](NC(=O)OC(C)(C)C)C(C)C)[C@H]2O)[nH]1. The summed E-state index contributed by atoms with van der Waals surface area (Å²) in [4.78, 5) is 58.0. The number of carbonyl (C=O) groups is 4. The molecule has 6 N–H and O–H groups in total. The number of rotatable bonds is 12. The van der Waals surface area contributed by atoms with E-state index in [4.69, 9.17) is 24.4 Å². The van der Waals surface area contributed by atoms with Crippen LogP contribution in [0.2, 0.25) is 0 Å². The third-order valence-corrected chi connectivity index (χ3v) is 7.23. The summed E-state index contributed by atoms with van der Waals surface area (Å²) in [6.07, 6.45) is -5.00. The van der Waals surface area contributed by atoms with Crippen LogP contribution in [-0.4, -0.2) is 88.9 Å². The molecule has 5 atom stereocenters. The van der Waals surface area contributed by atoms with E-state index in [1.54, 1.807) is 78.8 Å². The fourth-order valence-electron chi connectivity index (χ4n) is 4.97. The summed E-state index contributed by atoms with van der Waals surface area (Å²) in [5.41, 5.74) is -2.23. The standard InChI is InChI=1S/C34H45N7O9/c1-19(2)26(40-32(46)50-33(5,6)7)30(44)48-27-23(16-47-25(42)15-21-11-9-8-10-12-21)49-34(17-35,28(27)43)24-14-13-22(39-24)29(37-18-36)41-31(45)38-20(3)4/h8-14,18-20,23,26-28,39,43H,15-16H2,1-7H3,(H,40,46)(H3,36,37,38,41,45)/t23-,26+,27-,28-,34+/m1/s1. The Labute approximate surface area is 290 Å². The number of benzene rings is 1. The minimum atomic E-state index is -2.21. The molecule has 1 aliphatic rings. The normalized spacial score (nSPS) is 21.1. The highest BCUT2D eigenvalue weighted by Gasteiger charge is 2.59. The predicted molar refractivity (Wildman–Crippen MR) is 180 cm³/mol. The van der Waals surface area contributed by atoms with Gasteiger partial charge in [-0.25, -0.2) is 19.4 Å². The van der Waals surface area contributed by atoms with Gasteiger partial charge in [0.05, 0.1) is 17.8 Å². The number of esters is 2. The van der Waals surface area contributed by atoms with Crippen LogP contribution in [0.15, 0.2) is 47.5 Å². The molecule has 0 aliphatic carbocycles. The summed E-state index contributed by atoms with van der Waals surface area (Å²) >= 11 is 0. The number of nitriles is 1. The van der Waals surface area contributed by atoms with Crippen molar-refractivity contribution < 1.29 is 43.2 Å². The third kappa shape index (κ3) is 10.4. The third-order valence-electron chi connectivity index (χ3n) is 7.23. The number of amidine groups is 1. The van der Waals surface area contributed by atoms with Gasteiger partial charge in [-0.05, 0) is 58.2 Å². The van der Waals surface area contributed by atoms with Gasteiger partial charge in [0, 0.05) is 6.04 Å². The number of aliphatic hydroxyl groups excluding tert-OH is 1. The maximum atomic E-state index is 13.6. The number of aromatic amines is 1. The summed E-state index contributed by atoms with van der Waals surface area (Å²) in [6, 6.07) is 11.6. The Morgan fingerprint density at radius 2 is 1.80 bits per heavy atom. The van der Waals surface area contributed by atoms with Crippen molar-refractivity contribution in [2.45, 2.75) is 96.5 Å². The highest BCUT2D eigenvalue weighted by molar-refractivity contribution is 6.08. The number of nitrogens with zero attached hydrogens (tertiary/aromatic N) is 2. The fourth-order valence-corrected chi connectivity index (χ4v) is 4.97. The van der Waals surface area contributed by atoms with E-state index in [-0.39, 0.29) is 29.7 Å². The molecule has 0 spiro atoms. The molecule has 0 saturated carbocycles. The largest absolute Gasteiger partial charge is 0.463 e. The van der Waals surface area contributed by atoms with E-state index in [9.17, 15) is 29.5 Å². The first-order valence-corrected chi connectivity index (χ1v) is 16.0. The topological polar surface area (TPSA) is 237 Å². The second-order valence-corrected chi connectivity index (χ2v) is 13.2. The van der Waals surface area contributed by atoms with Crippen molar-refractivity contribution in [2.24, 2.45) is 10.9 Å². The summed E-state index contributed by atoms with van der Waals surface area (Å²) in [5.74, 6) is -2.16. The molecule has 3 rings (SSSR count). The molecule has 1 aromatic carbocycles. The molecule has 1 aliphatic heterocycles. The Bertz CT molecular complexity index is 1590. The van der Waals surface area contributed by atoms with Crippen molar-refractivity contribution in [3.8, 4) is 6.07 Å². The number of aromatic nitrogens is 1. The van der Waals surface area contributed by atoms with Gasteiger partial charge in [-0.1, -0.05) is 44.2 Å². The van der Waals surface area contributed by atoms with Crippen LogP contribution in [0.5, 0.6) is 0 Å². The summed E-state index contributed by atoms with van der Waals surface area (Å²) < 4.78 is 22.6. The van der Waals surface area contributed by atoms with Gasteiger partial charge in [-0.15, -0.1) is 0 Å². The van der Waals surface area contributed by atoms with Gasteiger partial charge in [-0.2, -0.15) is 5.26 Å². The van der Waals surface area contributed by atoms with Gasteiger partial charge in [0.15, 0.2) is 11.9 Å². The molecule has 0 unspecified atom stereocenters. The second-order valence-electron chi connectivity index (χ2n) is 13.2. The Balaban J connectivity index is 1.94. The molecule has 0 bridgehead atoms. The molecule has 1 saturated heterocycles. The van der Waals surface area contributed by atoms with Gasteiger partial charge in [0.25, 0.3) is 0 Å². The average Bonchev–Trinajstić information content (AvgIpc) is 3.62. The Kier molecular flexibility index (Phi) is 13.2. The van der Waals surface area contributed by atoms with Gasteiger partial charge < -0.3 is 39.7 Å². The lowest BCUT2D eigenvalue weighted by molar-refractivity contribution is -0.163. The van der Waals surface area contributed by atoms with E-state index in [0.717, 1.165) is 0 Å². The Morgan fingerprint density at radius 3 is 2.38 bits per heavy atom. The molecule has 2 aromatic rings. The molecule has 2 heterocycles. The first-order valence-electron chi connectivity index (χ1n) is 16.0. The smallest absolute Gasteiger partial charge is 0.408 e. The lowest BCUT2D eigenvalue weighted by atomic mass is 9.92. The predicted octanol–water partition coefficient (Wildman–Crippen LogP) is 2.80. The van der Waals surface area contributed by atoms with Crippen molar-refractivity contribution in [3.05, 3.63) is 59.4 Å². The number of hydrogen-bond acceptors (Lipinski definition) is 11. The number of hydrogen-bond donors (Lipinski definition) is 6. The molecule has 3 amide bonds. The first kappa shape index (κ1) is 39.2. The van der Waals surface area contributed by atoms with E-state index in [1.165, 1.54) is 12.1 Å². The van der Waals surface area contributed by atoms with Crippen LogP contribution in [0.1, 0.15) is 65.4 Å². The van der Waals surface area contributed by atoms with Crippen LogP contribution < -0.4 is 16.0 Å². The quantitative estimate of drug-likeness (QED) is 0.0822. The van der Waals surface area contributed by atoms with Crippen molar-refractivity contribution >= 4 is 36.2 Å². The van der Waals surface area contributed by atoms with E-state index >= 15 is 0 Å². The number of aliphatic imine (C=N–C) groups is 1. The molecule has 16 heteroatoms. The van der Waals surface area contributed by atoms with Gasteiger partial charge >= 0.3 is 24.1 Å². The van der Waals surface area contributed by atoms with Crippen LogP contribution in [0.3, 0.4) is 0 Å². The van der Waals surface area contributed by atoms with Crippen LogP contribution in [0.25, 0.3) is 0 Å². The monoisotopic (exact) mass is 695 g/mol. The molecule has 270 valence electrons. The lowest BCUT2D eigenvalue weighted by Crippen LogP contribution is -2.50. The van der Waals surface area contributed by atoms with Crippen molar-refractivity contribution in [1.29, 1.82) is 10.7 Å². The van der Waals surface area contributed by atoms with Gasteiger partial charge in [-0.3, -0.25) is 15.5 Å². The number of ether oxygens (including phenoxy) is 4. The maximum Gasteiger partial charge on any atom is 0.408 e. The Hall–Kier alpha value is -5.27. The molecular weight excluding hydrogens is 650 g/mol. The van der Waals surface area contributed by atoms with Crippen molar-refractivity contribution in [1.82, 2.24) is 20.9 Å². The number of urea groups is 1. The molecule has 1 aromatic heterocycles.